The highest BCUT2D eigenvalue weighted by molar-refractivity contribution is 5.92. The third kappa shape index (κ3) is 3.50. The lowest BCUT2D eigenvalue weighted by Crippen LogP contribution is -2.51. The van der Waals surface area contributed by atoms with Gasteiger partial charge in [-0.3, -0.25) is 4.79 Å². The lowest BCUT2D eigenvalue weighted by atomic mass is 10.2. The summed E-state index contributed by atoms with van der Waals surface area (Å²) in [5.41, 5.74) is 0.0893. The van der Waals surface area contributed by atoms with Crippen molar-refractivity contribution in [3.8, 4) is 0 Å². The van der Waals surface area contributed by atoms with Crippen molar-refractivity contribution in [2.75, 3.05) is 19.6 Å². The number of amides is 1. The molecule has 1 aliphatic heterocycles. The molecule has 4 nitrogen and oxygen atoms in total. The van der Waals surface area contributed by atoms with E-state index in [0.717, 1.165) is 4.57 Å². The van der Waals surface area contributed by atoms with Crippen LogP contribution in [0.3, 0.4) is 0 Å². The molecule has 2 rings (SSSR count). The fraction of sp³-hybridized carbons (Fsp3) is 0.583. The average molecular weight is 275 g/mol. The highest BCUT2D eigenvalue weighted by Gasteiger charge is 2.31. The first-order valence-corrected chi connectivity index (χ1v) is 6.11. The van der Waals surface area contributed by atoms with E-state index in [1.807, 2.05) is 6.92 Å². The van der Waals surface area contributed by atoms with Gasteiger partial charge in [0.1, 0.15) is 12.2 Å². The predicted octanol–water partition coefficient (Wildman–Crippen LogP) is 1.48. The number of carbonyl (C=O) groups excluding carboxylic acids is 1. The van der Waals surface area contributed by atoms with Gasteiger partial charge in [-0.1, -0.05) is 0 Å². The van der Waals surface area contributed by atoms with Crippen molar-refractivity contribution in [2.24, 2.45) is 0 Å². The number of carbonyl (C=O) groups is 1. The van der Waals surface area contributed by atoms with Crippen LogP contribution in [-0.4, -0.2) is 47.2 Å². The van der Waals surface area contributed by atoms with Crippen LogP contribution < -0.4 is 5.32 Å². The molecule has 1 amide bonds. The molecule has 2 heterocycles. The van der Waals surface area contributed by atoms with Crippen LogP contribution in [0.4, 0.5) is 13.2 Å². The van der Waals surface area contributed by atoms with E-state index in [0.29, 0.717) is 19.6 Å². The van der Waals surface area contributed by atoms with Crippen molar-refractivity contribution in [1.29, 1.82) is 0 Å². The third-order valence-electron chi connectivity index (χ3n) is 3.05. The van der Waals surface area contributed by atoms with Crippen molar-refractivity contribution in [1.82, 2.24) is 14.8 Å². The van der Waals surface area contributed by atoms with Crippen LogP contribution in [0.15, 0.2) is 18.3 Å². The number of alkyl halides is 3. The Morgan fingerprint density at radius 2 is 2.26 bits per heavy atom. The van der Waals surface area contributed by atoms with E-state index in [-0.39, 0.29) is 17.6 Å². The minimum Gasteiger partial charge on any atom is -0.335 e. The molecule has 1 aromatic heterocycles. The summed E-state index contributed by atoms with van der Waals surface area (Å²) in [4.78, 5) is 13.8. The van der Waals surface area contributed by atoms with Gasteiger partial charge in [-0.05, 0) is 19.1 Å². The summed E-state index contributed by atoms with van der Waals surface area (Å²) < 4.78 is 38.2. The Kier molecular flexibility index (Phi) is 3.84. The summed E-state index contributed by atoms with van der Waals surface area (Å²) in [5, 5.41) is 3.18. The second kappa shape index (κ2) is 5.24. The maximum atomic E-state index is 12.4. The molecule has 1 saturated heterocycles. The Balaban J connectivity index is 2.13. The van der Waals surface area contributed by atoms with Crippen molar-refractivity contribution in [3.05, 3.63) is 24.0 Å². The van der Waals surface area contributed by atoms with E-state index in [1.54, 1.807) is 4.90 Å². The molecular formula is C12H16F3N3O. The van der Waals surface area contributed by atoms with E-state index < -0.39 is 12.7 Å². The number of nitrogens with zero attached hydrogens (tertiary/aromatic N) is 2. The number of halogens is 3. The van der Waals surface area contributed by atoms with Gasteiger partial charge in [0.2, 0.25) is 0 Å². The van der Waals surface area contributed by atoms with Crippen LogP contribution in [0.25, 0.3) is 0 Å². The summed E-state index contributed by atoms with van der Waals surface area (Å²) in [5.74, 6) is -0.345. The van der Waals surface area contributed by atoms with E-state index in [4.69, 9.17) is 0 Å². The molecule has 0 aromatic carbocycles. The van der Waals surface area contributed by atoms with Gasteiger partial charge in [0.25, 0.3) is 5.91 Å². The Hall–Kier alpha value is -1.50. The van der Waals surface area contributed by atoms with Crippen molar-refractivity contribution in [2.45, 2.75) is 25.7 Å². The third-order valence-corrected chi connectivity index (χ3v) is 3.05. The molecule has 1 unspecified atom stereocenters. The Bertz CT molecular complexity index is 455. The molecule has 0 bridgehead atoms. The largest absolute Gasteiger partial charge is 0.406 e. The Morgan fingerprint density at radius 3 is 2.89 bits per heavy atom. The molecule has 1 N–H and O–H groups in total. The molecule has 1 aliphatic rings. The van der Waals surface area contributed by atoms with Gasteiger partial charge in [-0.2, -0.15) is 13.2 Å². The molecule has 0 spiro atoms. The first kappa shape index (κ1) is 13.9. The van der Waals surface area contributed by atoms with Gasteiger partial charge < -0.3 is 14.8 Å². The smallest absolute Gasteiger partial charge is 0.335 e. The number of rotatable bonds is 2. The predicted molar refractivity (Wildman–Crippen MR) is 63.9 cm³/mol. The molecule has 1 atom stereocenters. The minimum absolute atomic E-state index is 0.0893. The van der Waals surface area contributed by atoms with Crippen molar-refractivity contribution < 1.29 is 18.0 Å². The highest BCUT2D eigenvalue weighted by atomic mass is 19.4. The lowest BCUT2D eigenvalue weighted by Gasteiger charge is -2.32. The van der Waals surface area contributed by atoms with Gasteiger partial charge in [0.15, 0.2) is 0 Å². The number of hydrogen-bond acceptors (Lipinski definition) is 2. The standard InChI is InChI=1S/C12H16F3N3O/c1-9-7-17(6-4-16-9)11(19)10-3-2-5-18(10)8-12(13,14)15/h2-3,5,9,16H,4,6-8H2,1H3. The maximum Gasteiger partial charge on any atom is 0.406 e. The molecule has 1 fully saturated rings. The van der Waals surface area contributed by atoms with Gasteiger partial charge in [0.05, 0.1) is 0 Å². The molecule has 0 saturated carbocycles. The van der Waals surface area contributed by atoms with Crippen molar-refractivity contribution in [3.63, 3.8) is 0 Å². The van der Waals surface area contributed by atoms with Gasteiger partial charge >= 0.3 is 6.18 Å². The van der Waals surface area contributed by atoms with Gasteiger partial charge in [-0.25, -0.2) is 0 Å². The van der Waals surface area contributed by atoms with E-state index >= 15 is 0 Å². The monoisotopic (exact) mass is 275 g/mol. The maximum absolute atomic E-state index is 12.4. The average Bonchev–Trinajstić information content (AvgIpc) is 2.73. The first-order chi connectivity index (χ1) is 8.87. The molecule has 1 aromatic rings. The molecule has 19 heavy (non-hydrogen) atoms. The van der Waals surface area contributed by atoms with E-state index in [1.165, 1.54) is 18.3 Å². The molecule has 106 valence electrons. The summed E-state index contributed by atoms with van der Waals surface area (Å²) in [6.45, 7) is 2.49. The molecular weight excluding hydrogens is 259 g/mol. The highest BCUT2D eigenvalue weighted by Crippen LogP contribution is 2.20. The summed E-state index contributed by atoms with van der Waals surface area (Å²) in [6, 6.07) is 3.05. The van der Waals surface area contributed by atoms with Crippen LogP contribution in [0, 0.1) is 0 Å². The SMILES string of the molecule is CC1CN(C(=O)c2cccn2CC(F)(F)F)CCN1. The molecule has 0 radical (unpaired) electrons. The van der Waals surface area contributed by atoms with Crippen LogP contribution in [0.1, 0.15) is 17.4 Å². The van der Waals surface area contributed by atoms with Gasteiger partial charge in [0, 0.05) is 31.9 Å². The molecule has 0 aliphatic carbocycles. The number of hydrogen-bond donors (Lipinski definition) is 1. The fourth-order valence-electron chi connectivity index (χ4n) is 2.22. The quantitative estimate of drug-likeness (QED) is 0.888. The number of nitrogens with one attached hydrogen (secondary N) is 1. The zero-order valence-electron chi connectivity index (χ0n) is 10.6. The van der Waals surface area contributed by atoms with Crippen LogP contribution >= 0.6 is 0 Å². The topological polar surface area (TPSA) is 37.3 Å². The second-order valence-electron chi connectivity index (χ2n) is 4.74. The zero-order valence-corrected chi connectivity index (χ0v) is 10.6. The van der Waals surface area contributed by atoms with Crippen LogP contribution in [0.5, 0.6) is 0 Å². The summed E-state index contributed by atoms with van der Waals surface area (Å²) in [6.07, 6.45) is -3.04. The van der Waals surface area contributed by atoms with Gasteiger partial charge in [-0.15, -0.1) is 0 Å². The van der Waals surface area contributed by atoms with E-state index in [2.05, 4.69) is 5.32 Å². The lowest BCUT2D eigenvalue weighted by molar-refractivity contribution is -0.140. The first-order valence-electron chi connectivity index (χ1n) is 6.11. The molecule has 7 heteroatoms. The van der Waals surface area contributed by atoms with Crippen LogP contribution in [-0.2, 0) is 6.54 Å². The second-order valence-corrected chi connectivity index (χ2v) is 4.74. The van der Waals surface area contributed by atoms with E-state index in [9.17, 15) is 18.0 Å². The Morgan fingerprint density at radius 1 is 1.53 bits per heavy atom. The fourth-order valence-corrected chi connectivity index (χ4v) is 2.22. The Labute approximate surface area is 109 Å². The summed E-state index contributed by atoms with van der Waals surface area (Å²) >= 11 is 0. The number of aromatic nitrogens is 1. The van der Waals surface area contributed by atoms with Crippen LogP contribution in [0.2, 0.25) is 0 Å². The zero-order chi connectivity index (χ0) is 14.0. The number of piperazine rings is 1. The normalized spacial score (nSPS) is 20.6. The minimum atomic E-state index is -4.33. The summed E-state index contributed by atoms with van der Waals surface area (Å²) in [7, 11) is 0. The van der Waals surface area contributed by atoms with Crippen molar-refractivity contribution >= 4 is 5.91 Å².